The van der Waals surface area contributed by atoms with Crippen LogP contribution in [-0.2, 0) is 0 Å². The molecule has 0 aliphatic heterocycles. The molecular weight excluding hydrogens is 104 g/mol. The van der Waals surface area contributed by atoms with Crippen LogP contribution >= 0.6 is 12.2 Å². The van der Waals surface area contributed by atoms with Crippen LogP contribution in [0.4, 0.5) is 0 Å². The molecule has 0 fully saturated rings. The standard InChI is InChI=1S/C6H12S/c1-4-6(2,3)5-7/h5H,4H2,1-3H3. The zero-order valence-corrected chi connectivity index (χ0v) is 6.01. The molecule has 0 aromatic carbocycles. The van der Waals surface area contributed by atoms with Crippen LogP contribution in [0.25, 0.3) is 0 Å². The lowest BCUT2D eigenvalue weighted by Gasteiger charge is -2.13. The van der Waals surface area contributed by atoms with Crippen molar-refractivity contribution in [3.63, 3.8) is 0 Å². The van der Waals surface area contributed by atoms with E-state index in [1.807, 2.05) is 5.37 Å². The summed E-state index contributed by atoms with van der Waals surface area (Å²) in [4.78, 5) is 0. The van der Waals surface area contributed by atoms with E-state index in [2.05, 4.69) is 20.8 Å². The third-order valence-corrected chi connectivity index (χ3v) is 1.87. The number of thiocarbonyl (C=S) groups is 1. The molecule has 0 atom stereocenters. The van der Waals surface area contributed by atoms with Crippen LogP contribution in [0.1, 0.15) is 27.2 Å². The zero-order valence-electron chi connectivity index (χ0n) is 5.19. The van der Waals surface area contributed by atoms with Gasteiger partial charge >= 0.3 is 0 Å². The first-order chi connectivity index (χ1) is 3.12. The SMILES string of the molecule is CCC(C)(C)C=S. The van der Waals surface area contributed by atoms with Crippen molar-refractivity contribution in [2.45, 2.75) is 27.2 Å². The lowest BCUT2D eigenvalue weighted by molar-refractivity contribution is 0.522. The fraction of sp³-hybridized carbons (Fsp3) is 0.833. The van der Waals surface area contributed by atoms with Crippen LogP contribution in [0.5, 0.6) is 0 Å². The Balaban J connectivity index is 3.58. The maximum atomic E-state index is 4.76. The van der Waals surface area contributed by atoms with Crippen molar-refractivity contribution in [3.05, 3.63) is 0 Å². The number of hydrogen-bond donors (Lipinski definition) is 0. The summed E-state index contributed by atoms with van der Waals surface area (Å²) in [6.07, 6.45) is 1.14. The Hall–Kier alpha value is 0.0900. The summed E-state index contributed by atoms with van der Waals surface area (Å²) in [7, 11) is 0. The van der Waals surface area contributed by atoms with Crippen LogP contribution in [-0.4, -0.2) is 5.37 Å². The Labute approximate surface area is 50.9 Å². The van der Waals surface area contributed by atoms with Gasteiger partial charge in [0.05, 0.1) is 0 Å². The van der Waals surface area contributed by atoms with Gasteiger partial charge in [-0.05, 0) is 17.2 Å². The second-order valence-corrected chi connectivity index (χ2v) is 2.70. The topological polar surface area (TPSA) is 0 Å². The van der Waals surface area contributed by atoms with Crippen LogP contribution in [0.2, 0.25) is 0 Å². The summed E-state index contributed by atoms with van der Waals surface area (Å²) in [5.74, 6) is 0. The molecule has 7 heavy (non-hydrogen) atoms. The molecule has 0 saturated heterocycles. The van der Waals surface area contributed by atoms with E-state index in [0.29, 0.717) is 0 Å². The molecule has 0 aromatic heterocycles. The van der Waals surface area contributed by atoms with Crippen molar-refractivity contribution >= 4 is 17.6 Å². The molecule has 0 radical (unpaired) electrons. The van der Waals surface area contributed by atoms with Crippen LogP contribution < -0.4 is 0 Å². The van der Waals surface area contributed by atoms with Gasteiger partial charge in [0.15, 0.2) is 0 Å². The molecule has 0 rings (SSSR count). The van der Waals surface area contributed by atoms with E-state index in [1.165, 1.54) is 0 Å². The molecule has 0 spiro atoms. The van der Waals surface area contributed by atoms with Crippen LogP contribution in [0.15, 0.2) is 0 Å². The molecule has 0 aliphatic carbocycles. The number of rotatable bonds is 2. The molecule has 0 aromatic rings. The summed E-state index contributed by atoms with van der Waals surface area (Å²) in [6, 6.07) is 0. The lowest BCUT2D eigenvalue weighted by atomic mass is 9.94. The highest BCUT2D eigenvalue weighted by atomic mass is 32.1. The Kier molecular flexibility index (Phi) is 2.44. The van der Waals surface area contributed by atoms with Gasteiger partial charge in [-0.3, -0.25) is 0 Å². The normalized spacial score (nSPS) is 11.3. The summed E-state index contributed by atoms with van der Waals surface area (Å²) in [5.41, 5.74) is 0.273. The minimum Gasteiger partial charge on any atom is -0.0929 e. The Morgan fingerprint density at radius 3 is 2.00 bits per heavy atom. The maximum Gasteiger partial charge on any atom is -0.00728 e. The zero-order chi connectivity index (χ0) is 5.91. The second-order valence-electron chi connectivity index (χ2n) is 2.46. The van der Waals surface area contributed by atoms with Crippen molar-refractivity contribution in [1.29, 1.82) is 0 Å². The quantitative estimate of drug-likeness (QED) is 0.499. The van der Waals surface area contributed by atoms with Crippen molar-refractivity contribution in [1.82, 2.24) is 0 Å². The third kappa shape index (κ3) is 2.75. The maximum absolute atomic E-state index is 4.76. The van der Waals surface area contributed by atoms with Gasteiger partial charge in [-0.15, -0.1) is 0 Å². The van der Waals surface area contributed by atoms with Gasteiger partial charge in [0.25, 0.3) is 0 Å². The summed E-state index contributed by atoms with van der Waals surface area (Å²) < 4.78 is 0. The second kappa shape index (κ2) is 2.41. The van der Waals surface area contributed by atoms with Crippen LogP contribution in [0.3, 0.4) is 0 Å². The van der Waals surface area contributed by atoms with E-state index in [0.717, 1.165) is 6.42 Å². The molecule has 1 heteroatoms. The minimum atomic E-state index is 0.273. The monoisotopic (exact) mass is 116 g/mol. The summed E-state index contributed by atoms with van der Waals surface area (Å²) >= 11 is 4.76. The van der Waals surface area contributed by atoms with Gasteiger partial charge in [0, 0.05) is 0 Å². The molecule has 0 heterocycles. The van der Waals surface area contributed by atoms with E-state index >= 15 is 0 Å². The lowest BCUT2D eigenvalue weighted by Crippen LogP contribution is -2.08. The highest BCUT2D eigenvalue weighted by molar-refractivity contribution is 7.79. The van der Waals surface area contributed by atoms with E-state index in [9.17, 15) is 0 Å². The van der Waals surface area contributed by atoms with Crippen molar-refractivity contribution in [2.75, 3.05) is 0 Å². The van der Waals surface area contributed by atoms with Gasteiger partial charge in [-0.1, -0.05) is 33.0 Å². The Morgan fingerprint density at radius 2 is 2.00 bits per heavy atom. The van der Waals surface area contributed by atoms with Crippen molar-refractivity contribution in [3.8, 4) is 0 Å². The third-order valence-electron chi connectivity index (χ3n) is 1.23. The van der Waals surface area contributed by atoms with Crippen molar-refractivity contribution < 1.29 is 0 Å². The molecule has 0 amide bonds. The first kappa shape index (κ1) is 7.09. The van der Waals surface area contributed by atoms with Gasteiger partial charge in [0.2, 0.25) is 0 Å². The van der Waals surface area contributed by atoms with Gasteiger partial charge in [-0.2, -0.15) is 0 Å². The van der Waals surface area contributed by atoms with E-state index in [4.69, 9.17) is 12.2 Å². The average Bonchev–Trinajstić information content (AvgIpc) is 1.68. The molecule has 42 valence electrons. The molecule has 0 aliphatic rings. The Morgan fingerprint density at radius 1 is 1.57 bits per heavy atom. The molecule has 0 saturated carbocycles. The predicted octanol–water partition coefficient (Wildman–Crippen LogP) is 2.42. The molecule has 0 bridgehead atoms. The molecular formula is C6H12S. The number of hydrogen-bond acceptors (Lipinski definition) is 1. The molecule has 0 nitrogen and oxygen atoms in total. The first-order valence-corrected chi connectivity index (χ1v) is 3.06. The fourth-order valence-corrected chi connectivity index (χ4v) is 0.250. The Bertz CT molecular complexity index is 64.6. The van der Waals surface area contributed by atoms with Gasteiger partial charge in [0.1, 0.15) is 0 Å². The average molecular weight is 116 g/mol. The smallest absolute Gasteiger partial charge is 0.00728 e. The van der Waals surface area contributed by atoms with E-state index in [-0.39, 0.29) is 5.41 Å². The van der Waals surface area contributed by atoms with Gasteiger partial charge in [-0.25, -0.2) is 0 Å². The predicted molar refractivity (Wildman–Crippen MR) is 37.7 cm³/mol. The summed E-state index contributed by atoms with van der Waals surface area (Å²) in [6.45, 7) is 6.42. The van der Waals surface area contributed by atoms with E-state index < -0.39 is 0 Å². The van der Waals surface area contributed by atoms with Gasteiger partial charge < -0.3 is 0 Å². The fourth-order valence-electron chi connectivity index (χ4n) is 0.0833. The molecule has 0 unspecified atom stereocenters. The summed E-state index contributed by atoms with van der Waals surface area (Å²) in [5, 5.41) is 1.83. The van der Waals surface area contributed by atoms with E-state index in [1.54, 1.807) is 0 Å². The minimum absolute atomic E-state index is 0.273. The highest BCUT2D eigenvalue weighted by Gasteiger charge is 2.08. The highest BCUT2D eigenvalue weighted by Crippen LogP contribution is 2.15. The largest absolute Gasteiger partial charge is 0.0929 e. The molecule has 0 N–H and O–H groups in total. The first-order valence-electron chi connectivity index (χ1n) is 2.59. The van der Waals surface area contributed by atoms with Crippen molar-refractivity contribution in [2.24, 2.45) is 5.41 Å². The van der Waals surface area contributed by atoms with Crippen LogP contribution in [0, 0.1) is 5.41 Å².